The van der Waals surface area contributed by atoms with Crippen LogP contribution >= 0.6 is 11.6 Å². The number of ether oxygens (including phenoxy) is 1. The van der Waals surface area contributed by atoms with Gasteiger partial charge in [0, 0.05) is 12.5 Å². The van der Waals surface area contributed by atoms with E-state index in [0.29, 0.717) is 5.92 Å². The molecule has 1 fully saturated rings. The summed E-state index contributed by atoms with van der Waals surface area (Å²) in [4.78, 5) is 0. The fourth-order valence-corrected chi connectivity index (χ4v) is 2.57. The third kappa shape index (κ3) is 3.15. The van der Waals surface area contributed by atoms with Crippen LogP contribution in [0.15, 0.2) is 18.2 Å². The average molecular weight is 272 g/mol. The Balaban J connectivity index is 2.10. The first-order valence-electron chi connectivity index (χ1n) is 6.53. The van der Waals surface area contributed by atoms with Gasteiger partial charge in [-0.1, -0.05) is 31.0 Å². The molecule has 18 heavy (non-hydrogen) atoms. The summed E-state index contributed by atoms with van der Waals surface area (Å²) in [5.41, 5.74) is 0. The highest BCUT2D eigenvalue weighted by Gasteiger charge is 2.26. The van der Waals surface area contributed by atoms with Crippen molar-refractivity contribution in [3.63, 3.8) is 0 Å². The first kappa shape index (κ1) is 13.6. The Kier molecular flexibility index (Phi) is 4.84. The molecule has 0 amide bonds. The molecule has 0 radical (unpaired) electrons. The number of hydrogen-bond acceptors (Lipinski definition) is 2. The molecule has 0 aromatic heterocycles. The number of halogens is 2. The molecule has 100 valence electrons. The van der Waals surface area contributed by atoms with Gasteiger partial charge in [-0.05, 0) is 31.5 Å². The van der Waals surface area contributed by atoms with Crippen molar-refractivity contribution >= 4 is 11.6 Å². The molecular formula is C14H19ClFNO. The van der Waals surface area contributed by atoms with Crippen LogP contribution in [0.5, 0.6) is 5.75 Å². The Morgan fingerprint density at radius 1 is 1.56 bits per heavy atom. The van der Waals surface area contributed by atoms with Gasteiger partial charge in [-0.3, -0.25) is 0 Å². The molecule has 1 aromatic carbocycles. The standard InChI is InChI=1S/C14H19ClFNO/c1-2-4-12(10-7-8-17-9-10)18-13-6-3-5-11(15)14(13)16/h3,5-6,10,12,17H,2,4,7-9H2,1H3/t10?,12-/m1/s1. The second kappa shape index (κ2) is 6.39. The lowest BCUT2D eigenvalue weighted by Crippen LogP contribution is -2.29. The van der Waals surface area contributed by atoms with Crippen LogP contribution < -0.4 is 10.1 Å². The molecule has 1 aliphatic heterocycles. The third-order valence-corrected chi connectivity index (χ3v) is 3.68. The highest BCUT2D eigenvalue weighted by molar-refractivity contribution is 6.30. The zero-order valence-electron chi connectivity index (χ0n) is 10.6. The minimum atomic E-state index is -0.453. The van der Waals surface area contributed by atoms with E-state index < -0.39 is 5.82 Å². The largest absolute Gasteiger partial charge is 0.487 e. The summed E-state index contributed by atoms with van der Waals surface area (Å²) in [6.45, 7) is 4.09. The van der Waals surface area contributed by atoms with Crippen LogP contribution in [0.25, 0.3) is 0 Å². The van der Waals surface area contributed by atoms with Gasteiger partial charge in [-0.25, -0.2) is 4.39 Å². The van der Waals surface area contributed by atoms with Crippen LogP contribution in [0.3, 0.4) is 0 Å². The van der Waals surface area contributed by atoms with Gasteiger partial charge in [0.2, 0.25) is 0 Å². The molecule has 0 saturated carbocycles. The topological polar surface area (TPSA) is 21.3 Å². The normalized spacial score (nSPS) is 20.9. The molecule has 1 aliphatic rings. The van der Waals surface area contributed by atoms with E-state index in [-0.39, 0.29) is 16.9 Å². The molecule has 2 atom stereocenters. The minimum Gasteiger partial charge on any atom is -0.487 e. The Bertz CT molecular complexity index is 393. The summed E-state index contributed by atoms with van der Waals surface area (Å²) >= 11 is 5.77. The van der Waals surface area contributed by atoms with Crippen LogP contribution in [-0.2, 0) is 0 Å². The summed E-state index contributed by atoms with van der Waals surface area (Å²) in [5.74, 6) is 0.280. The van der Waals surface area contributed by atoms with Crippen molar-refractivity contribution in [2.75, 3.05) is 13.1 Å². The Morgan fingerprint density at radius 3 is 3.06 bits per heavy atom. The predicted octanol–water partition coefficient (Wildman–Crippen LogP) is 3.64. The molecule has 0 aliphatic carbocycles. The zero-order chi connectivity index (χ0) is 13.0. The van der Waals surface area contributed by atoms with Crippen molar-refractivity contribution in [1.82, 2.24) is 5.32 Å². The second-order valence-electron chi connectivity index (χ2n) is 4.75. The lowest BCUT2D eigenvalue weighted by atomic mass is 9.97. The fourth-order valence-electron chi connectivity index (χ4n) is 2.41. The van der Waals surface area contributed by atoms with E-state index in [2.05, 4.69) is 12.2 Å². The molecule has 4 heteroatoms. The lowest BCUT2D eigenvalue weighted by Gasteiger charge is -2.24. The molecule has 0 bridgehead atoms. The summed E-state index contributed by atoms with van der Waals surface area (Å²) in [6.07, 6.45) is 3.13. The Labute approximate surface area is 112 Å². The highest BCUT2D eigenvalue weighted by atomic mass is 35.5. The van der Waals surface area contributed by atoms with Crippen molar-refractivity contribution in [1.29, 1.82) is 0 Å². The van der Waals surface area contributed by atoms with Crippen molar-refractivity contribution in [2.45, 2.75) is 32.3 Å². The van der Waals surface area contributed by atoms with E-state index in [1.807, 2.05) is 0 Å². The molecule has 1 aromatic rings. The van der Waals surface area contributed by atoms with E-state index in [1.54, 1.807) is 12.1 Å². The number of benzene rings is 1. The molecule has 0 spiro atoms. The van der Waals surface area contributed by atoms with Crippen LogP contribution in [0.2, 0.25) is 5.02 Å². The van der Waals surface area contributed by atoms with Crippen LogP contribution in [-0.4, -0.2) is 19.2 Å². The molecule has 2 nitrogen and oxygen atoms in total. The third-order valence-electron chi connectivity index (χ3n) is 3.39. The minimum absolute atomic E-state index is 0.0676. The molecule has 2 rings (SSSR count). The van der Waals surface area contributed by atoms with Gasteiger partial charge in [0.25, 0.3) is 0 Å². The summed E-state index contributed by atoms with van der Waals surface area (Å²) in [5, 5.41) is 3.44. The maximum Gasteiger partial charge on any atom is 0.183 e. The van der Waals surface area contributed by atoms with Crippen LogP contribution in [0.4, 0.5) is 4.39 Å². The molecule has 1 heterocycles. The van der Waals surface area contributed by atoms with Gasteiger partial charge >= 0.3 is 0 Å². The van der Waals surface area contributed by atoms with E-state index in [9.17, 15) is 4.39 Å². The first-order valence-corrected chi connectivity index (χ1v) is 6.91. The average Bonchev–Trinajstić information content (AvgIpc) is 2.88. The maximum atomic E-state index is 13.8. The summed E-state index contributed by atoms with van der Waals surface area (Å²) in [6, 6.07) is 4.90. The number of hydrogen-bond donors (Lipinski definition) is 1. The van der Waals surface area contributed by atoms with Gasteiger partial charge in [-0.15, -0.1) is 0 Å². The Morgan fingerprint density at radius 2 is 2.39 bits per heavy atom. The fraction of sp³-hybridized carbons (Fsp3) is 0.571. The molecule has 1 N–H and O–H groups in total. The smallest absolute Gasteiger partial charge is 0.183 e. The number of nitrogens with one attached hydrogen (secondary N) is 1. The maximum absolute atomic E-state index is 13.8. The van der Waals surface area contributed by atoms with E-state index in [0.717, 1.165) is 32.4 Å². The van der Waals surface area contributed by atoms with Crippen molar-refractivity contribution < 1.29 is 9.13 Å². The van der Waals surface area contributed by atoms with Gasteiger partial charge in [-0.2, -0.15) is 0 Å². The van der Waals surface area contributed by atoms with Crippen molar-refractivity contribution in [3.05, 3.63) is 29.0 Å². The Hall–Kier alpha value is -0.800. The zero-order valence-corrected chi connectivity index (χ0v) is 11.3. The van der Waals surface area contributed by atoms with Crippen molar-refractivity contribution in [3.8, 4) is 5.75 Å². The van der Waals surface area contributed by atoms with Gasteiger partial charge in [0.05, 0.1) is 5.02 Å². The lowest BCUT2D eigenvalue weighted by molar-refractivity contribution is 0.127. The van der Waals surface area contributed by atoms with Gasteiger partial charge in [0.1, 0.15) is 6.10 Å². The van der Waals surface area contributed by atoms with Gasteiger partial charge < -0.3 is 10.1 Å². The summed E-state index contributed by atoms with van der Waals surface area (Å²) < 4.78 is 19.7. The molecular weight excluding hydrogens is 253 g/mol. The van der Waals surface area contributed by atoms with Crippen LogP contribution in [0.1, 0.15) is 26.2 Å². The quantitative estimate of drug-likeness (QED) is 0.883. The van der Waals surface area contributed by atoms with E-state index in [1.165, 1.54) is 6.07 Å². The predicted molar refractivity (Wildman–Crippen MR) is 71.7 cm³/mol. The van der Waals surface area contributed by atoms with E-state index in [4.69, 9.17) is 16.3 Å². The van der Waals surface area contributed by atoms with Crippen LogP contribution in [0, 0.1) is 11.7 Å². The molecule has 1 saturated heterocycles. The highest BCUT2D eigenvalue weighted by Crippen LogP contribution is 2.28. The number of rotatable bonds is 5. The summed E-state index contributed by atoms with van der Waals surface area (Å²) in [7, 11) is 0. The van der Waals surface area contributed by atoms with E-state index >= 15 is 0 Å². The molecule has 1 unspecified atom stereocenters. The first-order chi connectivity index (χ1) is 8.72. The SMILES string of the molecule is CCC[C@@H](Oc1cccc(Cl)c1F)C1CCNC1. The van der Waals surface area contributed by atoms with Crippen molar-refractivity contribution in [2.24, 2.45) is 5.92 Å². The second-order valence-corrected chi connectivity index (χ2v) is 5.16. The van der Waals surface area contributed by atoms with Gasteiger partial charge in [0.15, 0.2) is 11.6 Å². The monoisotopic (exact) mass is 271 g/mol.